The van der Waals surface area contributed by atoms with Crippen LogP contribution >= 0.6 is 0 Å². The van der Waals surface area contributed by atoms with Gasteiger partial charge in [-0.2, -0.15) is 10.2 Å². The summed E-state index contributed by atoms with van der Waals surface area (Å²) in [6.45, 7) is 7.14. The molecule has 0 fully saturated rings. The minimum atomic E-state index is 0.0809. The summed E-state index contributed by atoms with van der Waals surface area (Å²) in [6, 6.07) is 2.11. The smallest absolute Gasteiger partial charge is 0.0853 e. The first-order valence-electron chi connectivity index (χ1n) is 7.43. The normalized spacial score (nSPS) is 12.8. The second-order valence-corrected chi connectivity index (χ2v) is 5.17. The summed E-state index contributed by atoms with van der Waals surface area (Å²) >= 11 is 0. The highest BCUT2D eigenvalue weighted by atomic mass is 15.3. The highest BCUT2D eigenvalue weighted by Crippen LogP contribution is 2.24. The van der Waals surface area contributed by atoms with Gasteiger partial charge >= 0.3 is 0 Å². The molecule has 2 rings (SSSR count). The van der Waals surface area contributed by atoms with Gasteiger partial charge in [-0.25, -0.2) is 0 Å². The Bertz CT molecular complexity index is 567. The molecule has 0 aromatic carbocycles. The zero-order chi connectivity index (χ0) is 14.7. The number of hydrogen-bond donors (Lipinski definition) is 1. The van der Waals surface area contributed by atoms with Crippen LogP contribution in [0.2, 0.25) is 0 Å². The fourth-order valence-corrected chi connectivity index (χ4v) is 2.66. The standard InChI is InChI=1S/C15H25N5/c1-5-12(16)15-13(6-2)18-20(14(15)7-3)10-11-8-9-19(4)17-11/h8-9,12H,5-7,10,16H2,1-4H3. The van der Waals surface area contributed by atoms with E-state index < -0.39 is 0 Å². The third kappa shape index (κ3) is 2.77. The van der Waals surface area contributed by atoms with Gasteiger partial charge in [-0.15, -0.1) is 0 Å². The summed E-state index contributed by atoms with van der Waals surface area (Å²) < 4.78 is 3.90. The van der Waals surface area contributed by atoms with Crippen LogP contribution in [0.15, 0.2) is 12.3 Å². The molecule has 0 saturated carbocycles. The van der Waals surface area contributed by atoms with Crippen LogP contribution in [-0.4, -0.2) is 19.6 Å². The Morgan fingerprint density at radius 2 is 1.95 bits per heavy atom. The Labute approximate surface area is 120 Å². The molecule has 0 aliphatic heterocycles. The monoisotopic (exact) mass is 275 g/mol. The second-order valence-electron chi connectivity index (χ2n) is 5.17. The van der Waals surface area contributed by atoms with E-state index in [9.17, 15) is 0 Å². The molecular weight excluding hydrogens is 250 g/mol. The van der Waals surface area contributed by atoms with E-state index in [1.165, 1.54) is 11.3 Å². The van der Waals surface area contributed by atoms with Crippen molar-refractivity contribution in [3.63, 3.8) is 0 Å². The summed E-state index contributed by atoms with van der Waals surface area (Å²) in [7, 11) is 1.93. The zero-order valence-electron chi connectivity index (χ0n) is 12.9. The van der Waals surface area contributed by atoms with Crippen LogP contribution in [0.5, 0.6) is 0 Å². The molecule has 0 spiro atoms. The van der Waals surface area contributed by atoms with Crippen LogP contribution < -0.4 is 5.73 Å². The van der Waals surface area contributed by atoms with Gasteiger partial charge in [0.25, 0.3) is 0 Å². The maximum absolute atomic E-state index is 6.28. The molecule has 0 radical (unpaired) electrons. The minimum Gasteiger partial charge on any atom is -0.324 e. The SMILES string of the molecule is CCc1nn(Cc2ccn(C)n2)c(CC)c1C(N)CC. The van der Waals surface area contributed by atoms with E-state index in [0.29, 0.717) is 6.54 Å². The predicted octanol–water partition coefficient (Wildman–Crippen LogP) is 2.20. The van der Waals surface area contributed by atoms with Crippen molar-refractivity contribution in [3.8, 4) is 0 Å². The molecule has 2 aromatic rings. The van der Waals surface area contributed by atoms with Gasteiger partial charge in [0.15, 0.2) is 0 Å². The third-order valence-corrected chi connectivity index (χ3v) is 3.74. The minimum absolute atomic E-state index is 0.0809. The van der Waals surface area contributed by atoms with Gasteiger partial charge in [0.05, 0.1) is 17.9 Å². The van der Waals surface area contributed by atoms with Gasteiger partial charge in [0.1, 0.15) is 0 Å². The van der Waals surface area contributed by atoms with E-state index in [1.807, 2.05) is 24.0 Å². The summed E-state index contributed by atoms with van der Waals surface area (Å²) in [4.78, 5) is 0. The number of nitrogens with zero attached hydrogens (tertiary/aromatic N) is 4. The highest BCUT2D eigenvalue weighted by Gasteiger charge is 2.20. The first kappa shape index (κ1) is 14.8. The van der Waals surface area contributed by atoms with Crippen LogP contribution in [0.3, 0.4) is 0 Å². The van der Waals surface area contributed by atoms with Crippen LogP contribution in [-0.2, 0) is 26.4 Å². The van der Waals surface area contributed by atoms with E-state index in [1.54, 1.807) is 0 Å². The Kier molecular flexibility index (Phi) is 4.60. The average Bonchev–Trinajstić information content (AvgIpc) is 3.01. The molecule has 0 amide bonds. The van der Waals surface area contributed by atoms with Gasteiger partial charge in [-0.05, 0) is 25.3 Å². The molecule has 0 aliphatic carbocycles. The maximum Gasteiger partial charge on any atom is 0.0853 e. The lowest BCUT2D eigenvalue weighted by Crippen LogP contribution is -2.13. The van der Waals surface area contributed by atoms with E-state index in [4.69, 9.17) is 10.8 Å². The first-order valence-corrected chi connectivity index (χ1v) is 7.43. The molecule has 2 N–H and O–H groups in total. The number of aromatic nitrogens is 4. The van der Waals surface area contributed by atoms with Crippen molar-refractivity contribution in [1.29, 1.82) is 0 Å². The molecule has 0 bridgehead atoms. The van der Waals surface area contributed by atoms with Gasteiger partial charge < -0.3 is 5.73 Å². The fourth-order valence-electron chi connectivity index (χ4n) is 2.66. The van der Waals surface area contributed by atoms with E-state index >= 15 is 0 Å². The molecule has 0 aliphatic rings. The van der Waals surface area contributed by atoms with Gasteiger partial charge in [0, 0.05) is 30.5 Å². The van der Waals surface area contributed by atoms with Crippen molar-refractivity contribution in [1.82, 2.24) is 19.6 Å². The lowest BCUT2D eigenvalue weighted by atomic mass is 10.00. The largest absolute Gasteiger partial charge is 0.324 e. The quantitative estimate of drug-likeness (QED) is 0.879. The van der Waals surface area contributed by atoms with E-state index in [2.05, 4.69) is 30.6 Å². The lowest BCUT2D eigenvalue weighted by Gasteiger charge is -2.12. The Morgan fingerprint density at radius 3 is 2.45 bits per heavy atom. The fraction of sp³-hybridized carbons (Fsp3) is 0.600. The molecule has 1 unspecified atom stereocenters. The molecular formula is C15H25N5. The van der Waals surface area contributed by atoms with Crippen molar-refractivity contribution < 1.29 is 0 Å². The van der Waals surface area contributed by atoms with Crippen LogP contribution in [0, 0.1) is 0 Å². The topological polar surface area (TPSA) is 61.7 Å². The highest BCUT2D eigenvalue weighted by molar-refractivity contribution is 5.30. The number of hydrogen-bond acceptors (Lipinski definition) is 3. The molecule has 1 atom stereocenters. The van der Waals surface area contributed by atoms with E-state index in [0.717, 1.165) is 30.7 Å². The third-order valence-electron chi connectivity index (χ3n) is 3.74. The van der Waals surface area contributed by atoms with Crippen LogP contribution in [0.1, 0.15) is 55.9 Å². The van der Waals surface area contributed by atoms with Crippen molar-refractivity contribution in [3.05, 3.63) is 34.9 Å². The van der Waals surface area contributed by atoms with Gasteiger partial charge in [0.2, 0.25) is 0 Å². The summed E-state index contributed by atoms with van der Waals surface area (Å²) in [5.74, 6) is 0. The van der Waals surface area contributed by atoms with Crippen molar-refractivity contribution in [2.75, 3.05) is 0 Å². The molecule has 2 aromatic heterocycles. The molecule has 110 valence electrons. The summed E-state index contributed by atoms with van der Waals surface area (Å²) in [5.41, 5.74) is 10.9. The number of nitrogens with two attached hydrogens (primary N) is 1. The molecule has 0 saturated heterocycles. The predicted molar refractivity (Wildman–Crippen MR) is 80.5 cm³/mol. The van der Waals surface area contributed by atoms with Gasteiger partial charge in [-0.1, -0.05) is 20.8 Å². The Morgan fingerprint density at radius 1 is 1.20 bits per heavy atom. The van der Waals surface area contributed by atoms with Crippen LogP contribution in [0.4, 0.5) is 0 Å². The molecule has 5 nitrogen and oxygen atoms in total. The Hall–Kier alpha value is -1.62. The van der Waals surface area contributed by atoms with Crippen molar-refractivity contribution in [2.24, 2.45) is 12.8 Å². The molecule has 5 heteroatoms. The first-order chi connectivity index (χ1) is 9.60. The zero-order valence-corrected chi connectivity index (χ0v) is 12.9. The molecule has 2 heterocycles. The summed E-state index contributed by atoms with van der Waals surface area (Å²) in [5, 5.41) is 9.20. The van der Waals surface area contributed by atoms with Crippen molar-refractivity contribution in [2.45, 2.75) is 52.6 Å². The lowest BCUT2D eigenvalue weighted by molar-refractivity contribution is 0.612. The van der Waals surface area contributed by atoms with Gasteiger partial charge in [-0.3, -0.25) is 9.36 Å². The molecule has 20 heavy (non-hydrogen) atoms. The number of rotatable bonds is 6. The van der Waals surface area contributed by atoms with Crippen molar-refractivity contribution >= 4 is 0 Å². The van der Waals surface area contributed by atoms with E-state index in [-0.39, 0.29) is 6.04 Å². The Balaban J connectivity index is 2.40. The second kappa shape index (κ2) is 6.22. The van der Waals surface area contributed by atoms with Crippen LogP contribution in [0.25, 0.3) is 0 Å². The average molecular weight is 275 g/mol. The summed E-state index contributed by atoms with van der Waals surface area (Å²) in [6.07, 6.45) is 4.77. The number of aryl methyl sites for hydroxylation is 2. The maximum atomic E-state index is 6.28.